The van der Waals surface area contributed by atoms with Crippen LogP contribution in [0.25, 0.3) is 11.0 Å². The van der Waals surface area contributed by atoms with E-state index in [1.165, 1.54) is 21.8 Å². The average Bonchev–Trinajstić information content (AvgIpc) is 3.20. The second-order valence-electron chi connectivity index (χ2n) is 7.54. The molecule has 0 aliphatic carbocycles. The number of rotatable bonds is 6. The van der Waals surface area contributed by atoms with Crippen molar-refractivity contribution in [1.29, 1.82) is 0 Å². The Bertz CT molecular complexity index is 1360. The van der Waals surface area contributed by atoms with Gasteiger partial charge in [-0.15, -0.1) is 0 Å². The van der Waals surface area contributed by atoms with Gasteiger partial charge in [-0.25, -0.2) is 9.67 Å². The number of fused-ring (bicyclic) bond motifs is 1. The fourth-order valence-corrected chi connectivity index (χ4v) is 3.43. The minimum Gasteiger partial charge on any atom is -0.350 e. The molecule has 0 radical (unpaired) electrons. The molecule has 1 N–H and O–H groups in total. The number of alkyl halides is 3. The molecule has 0 fully saturated rings. The van der Waals surface area contributed by atoms with Crippen LogP contribution < -0.4 is 10.9 Å². The summed E-state index contributed by atoms with van der Waals surface area (Å²) in [7, 11) is 0. The number of benzene rings is 2. The highest BCUT2D eigenvalue weighted by Crippen LogP contribution is 2.29. The zero-order valence-electron chi connectivity index (χ0n) is 17.6. The number of nitrogens with one attached hydrogen (secondary N) is 1. The van der Waals surface area contributed by atoms with Gasteiger partial charge in [0.2, 0.25) is 0 Å². The Balaban J connectivity index is 1.42. The molecule has 7 nitrogen and oxygen atoms in total. The summed E-state index contributed by atoms with van der Waals surface area (Å²) in [6.07, 6.45) is -1.55. The molecule has 0 aliphatic heterocycles. The van der Waals surface area contributed by atoms with Crippen LogP contribution in [0.15, 0.2) is 65.8 Å². The van der Waals surface area contributed by atoms with Gasteiger partial charge < -0.3 is 5.32 Å². The van der Waals surface area contributed by atoms with Crippen molar-refractivity contribution in [3.63, 3.8) is 0 Å². The van der Waals surface area contributed by atoms with Crippen molar-refractivity contribution in [3.8, 4) is 0 Å². The molecule has 2 heterocycles. The van der Waals surface area contributed by atoms with Gasteiger partial charge >= 0.3 is 6.18 Å². The SMILES string of the molecule is Cc1ccccc1Cn1cnc2c(cnn2CCNC(=O)c2ccc(C(F)(F)F)cc2)c1=O. The fraction of sp³-hybridized carbons (Fsp3) is 0.217. The van der Waals surface area contributed by atoms with Gasteiger partial charge in [-0.1, -0.05) is 24.3 Å². The Labute approximate surface area is 186 Å². The number of aryl methyl sites for hydroxylation is 1. The molecule has 0 spiro atoms. The first-order valence-corrected chi connectivity index (χ1v) is 10.1. The van der Waals surface area contributed by atoms with Crippen LogP contribution in [0.3, 0.4) is 0 Å². The molecule has 0 bridgehead atoms. The summed E-state index contributed by atoms with van der Waals surface area (Å²) >= 11 is 0. The zero-order chi connectivity index (χ0) is 23.6. The topological polar surface area (TPSA) is 81.8 Å². The van der Waals surface area contributed by atoms with Gasteiger partial charge in [0, 0.05) is 12.1 Å². The predicted octanol–water partition coefficient (Wildman–Crippen LogP) is 3.40. The van der Waals surface area contributed by atoms with Crippen molar-refractivity contribution < 1.29 is 18.0 Å². The molecular weight excluding hydrogens is 435 g/mol. The van der Waals surface area contributed by atoms with Gasteiger partial charge in [0.1, 0.15) is 11.7 Å². The molecule has 0 unspecified atom stereocenters. The molecule has 170 valence electrons. The number of carbonyl (C=O) groups is 1. The van der Waals surface area contributed by atoms with E-state index in [2.05, 4.69) is 15.4 Å². The largest absolute Gasteiger partial charge is 0.416 e. The lowest BCUT2D eigenvalue weighted by molar-refractivity contribution is -0.137. The lowest BCUT2D eigenvalue weighted by Gasteiger charge is -2.09. The molecule has 1 amide bonds. The van der Waals surface area contributed by atoms with Gasteiger partial charge in [0.15, 0.2) is 5.65 Å². The molecule has 4 rings (SSSR count). The highest BCUT2D eigenvalue weighted by molar-refractivity contribution is 5.94. The van der Waals surface area contributed by atoms with Crippen molar-refractivity contribution >= 4 is 16.9 Å². The first-order chi connectivity index (χ1) is 15.7. The number of aromatic nitrogens is 4. The van der Waals surface area contributed by atoms with Crippen molar-refractivity contribution in [2.75, 3.05) is 6.54 Å². The van der Waals surface area contributed by atoms with Gasteiger partial charge in [-0.05, 0) is 42.3 Å². The van der Waals surface area contributed by atoms with E-state index in [0.717, 1.165) is 35.4 Å². The second-order valence-corrected chi connectivity index (χ2v) is 7.54. The number of carbonyl (C=O) groups excluding carboxylic acids is 1. The third kappa shape index (κ3) is 4.79. The van der Waals surface area contributed by atoms with Gasteiger partial charge in [-0.2, -0.15) is 18.3 Å². The third-order valence-corrected chi connectivity index (χ3v) is 5.31. The third-order valence-electron chi connectivity index (χ3n) is 5.31. The van der Waals surface area contributed by atoms with Crippen LogP contribution in [0.1, 0.15) is 27.0 Å². The van der Waals surface area contributed by atoms with Crippen LogP contribution in [-0.2, 0) is 19.3 Å². The van der Waals surface area contributed by atoms with E-state index in [-0.39, 0.29) is 24.2 Å². The number of hydrogen-bond donors (Lipinski definition) is 1. The number of nitrogens with zero attached hydrogens (tertiary/aromatic N) is 4. The maximum Gasteiger partial charge on any atom is 0.416 e. The van der Waals surface area contributed by atoms with Gasteiger partial charge in [0.25, 0.3) is 11.5 Å². The highest BCUT2D eigenvalue weighted by atomic mass is 19.4. The fourth-order valence-electron chi connectivity index (χ4n) is 3.43. The standard InChI is InChI=1S/C23H20F3N5O2/c1-15-4-2-3-5-17(15)13-30-14-28-20-19(22(30)33)12-29-31(20)11-10-27-21(32)16-6-8-18(9-7-16)23(24,25)26/h2-9,12,14H,10-11,13H2,1H3,(H,27,32). The van der Waals surface area contributed by atoms with Crippen LogP contribution in [-0.4, -0.2) is 31.8 Å². The van der Waals surface area contributed by atoms with Crippen LogP contribution >= 0.6 is 0 Å². The monoisotopic (exact) mass is 455 g/mol. The molecule has 2 aromatic heterocycles. The molecule has 10 heteroatoms. The van der Waals surface area contributed by atoms with Crippen molar-refractivity contribution in [2.45, 2.75) is 26.2 Å². The smallest absolute Gasteiger partial charge is 0.350 e. The highest BCUT2D eigenvalue weighted by Gasteiger charge is 2.30. The van der Waals surface area contributed by atoms with E-state index in [1.54, 1.807) is 0 Å². The van der Waals surface area contributed by atoms with E-state index in [4.69, 9.17) is 0 Å². The van der Waals surface area contributed by atoms with E-state index in [1.807, 2.05) is 31.2 Å². The molecule has 0 saturated heterocycles. The molecule has 2 aromatic carbocycles. The lowest BCUT2D eigenvalue weighted by Crippen LogP contribution is -2.28. The Morgan fingerprint density at radius 3 is 2.52 bits per heavy atom. The Hall–Kier alpha value is -3.95. The van der Waals surface area contributed by atoms with Crippen molar-refractivity contribution in [1.82, 2.24) is 24.6 Å². The second kappa shape index (κ2) is 8.89. The molecule has 0 aliphatic rings. The molecule has 4 aromatic rings. The van der Waals surface area contributed by atoms with Crippen LogP contribution in [0.2, 0.25) is 0 Å². The average molecular weight is 455 g/mol. The summed E-state index contributed by atoms with van der Waals surface area (Å²) in [6.45, 7) is 2.76. The quantitative estimate of drug-likeness (QED) is 0.483. The van der Waals surface area contributed by atoms with E-state index < -0.39 is 17.6 Å². The van der Waals surface area contributed by atoms with Crippen LogP contribution in [0.5, 0.6) is 0 Å². The van der Waals surface area contributed by atoms with Gasteiger partial charge in [0.05, 0.1) is 24.8 Å². The Morgan fingerprint density at radius 2 is 1.82 bits per heavy atom. The summed E-state index contributed by atoms with van der Waals surface area (Å²) in [6, 6.07) is 11.8. The van der Waals surface area contributed by atoms with Crippen molar-refractivity contribution in [2.24, 2.45) is 0 Å². The first-order valence-electron chi connectivity index (χ1n) is 10.1. The van der Waals surface area contributed by atoms with Crippen LogP contribution in [0.4, 0.5) is 13.2 Å². The number of hydrogen-bond acceptors (Lipinski definition) is 4. The minimum atomic E-state index is -4.46. The maximum absolute atomic E-state index is 12.8. The maximum atomic E-state index is 12.8. The van der Waals surface area contributed by atoms with E-state index in [9.17, 15) is 22.8 Å². The first kappa shape index (κ1) is 22.3. The normalized spacial score (nSPS) is 11.6. The van der Waals surface area contributed by atoms with E-state index >= 15 is 0 Å². The summed E-state index contributed by atoms with van der Waals surface area (Å²) in [5, 5.41) is 7.19. The van der Waals surface area contributed by atoms with E-state index in [0.29, 0.717) is 17.6 Å². The van der Waals surface area contributed by atoms with Crippen molar-refractivity contribution in [3.05, 3.63) is 93.7 Å². The molecule has 0 saturated carbocycles. The summed E-state index contributed by atoms with van der Waals surface area (Å²) in [4.78, 5) is 29.4. The Morgan fingerprint density at radius 1 is 1.09 bits per heavy atom. The predicted molar refractivity (Wildman–Crippen MR) is 116 cm³/mol. The molecule has 0 atom stereocenters. The lowest BCUT2D eigenvalue weighted by atomic mass is 10.1. The summed E-state index contributed by atoms with van der Waals surface area (Å²) in [5.74, 6) is -0.506. The molecule has 33 heavy (non-hydrogen) atoms. The summed E-state index contributed by atoms with van der Waals surface area (Å²) < 4.78 is 41.0. The minimum absolute atomic E-state index is 0.116. The van der Waals surface area contributed by atoms with Gasteiger partial charge in [-0.3, -0.25) is 14.2 Å². The summed E-state index contributed by atoms with van der Waals surface area (Å²) in [5.41, 5.74) is 1.56. The Kier molecular flexibility index (Phi) is 5.99. The van der Waals surface area contributed by atoms with Crippen LogP contribution in [0, 0.1) is 6.92 Å². The molecular formula is C23H20F3N5O2. The number of amides is 1. The number of halogens is 3. The zero-order valence-corrected chi connectivity index (χ0v) is 17.6.